The van der Waals surface area contributed by atoms with Crippen LogP contribution in [0, 0.1) is 5.92 Å². The normalized spacial score (nSPS) is 15.7. The molecule has 0 amide bonds. The van der Waals surface area contributed by atoms with Crippen LogP contribution in [0.2, 0.25) is 0 Å². The Morgan fingerprint density at radius 1 is 1.54 bits per heavy atom. The van der Waals surface area contributed by atoms with Gasteiger partial charge in [0.15, 0.2) is 0 Å². The SMILES string of the molecule is CC(CO)Cn1cc(C(C)O)nn1. The van der Waals surface area contributed by atoms with Gasteiger partial charge in [0.2, 0.25) is 0 Å². The molecule has 0 aliphatic rings. The fourth-order valence-corrected chi connectivity index (χ4v) is 0.971. The van der Waals surface area contributed by atoms with Crippen LogP contribution in [-0.4, -0.2) is 31.8 Å². The Bertz CT molecular complexity index is 260. The van der Waals surface area contributed by atoms with Crippen LogP contribution in [0.15, 0.2) is 6.20 Å². The van der Waals surface area contributed by atoms with Crippen molar-refractivity contribution in [3.8, 4) is 0 Å². The molecule has 5 nitrogen and oxygen atoms in total. The van der Waals surface area contributed by atoms with Gasteiger partial charge < -0.3 is 10.2 Å². The lowest BCUT2D eigenvalue weighted by Gasteiger charge is -2.05. The lowest BCUT2D eigenvalue weighted by molar-refractivity contribution is 0.194. The van der Waals surface area contributed by atoms with Gasteiger partial charge in [-0.2, -0.15) is 0 Å². The lowest BCUT2D eigenvalue weighted by Crippen LogP contribution is -2.11. The molecule has 13 heavy (non-hydrogen) atoms. The van der Waals surface area contributed by atoms with E-state index in [9.17, 15) is 0 Å². The van der Waals surface area contributed by atoms with Gasteiger partial charge in [-0.15, -0.1) is 5.10 Å². The van der Waals surface area contributed by atoms with Crippen molar-refractivity contribution in [2.24, 2.45) is 5.92 Å². The molecular weight excluding hydrogens is 170 g/mol. The van der Waals surface area contributed by atoms with E-state index < -0.39 is 6.10 Å². The van der Waals surface area contributed by atoms with Gasteiger partial charge >= 0.3 is 0 Å². The Balaban J connectivity index is 2.58. The van der Waals surface area contributed by atoms with E-state index in [1.165, 1.54) is 0 Å². The van der Waals surface area contributed by atoms with Crippen LogP contribution in [0.3, 0.4) is 0 Å². The van der Waals surface area contributed by atoms with Gasteiger partial charge in [0.05, 0.1) is 12.3 Å². The molecule has 0 saturated heterocycles. The molecule has 74 valence electrons. The highest BCUT2D eigenvalue weighted by molar-refractivity contribution is 4.95. The maximum Gasteiger partial charge on any atom is 0.111 e. The second-order valence-corrected chi connectivity index (χ2v) is 3.33. The third-order valence-electron chi connectivity index (χ3n) is 1.79. The van der Waals surface area contributed by atoms with Crippen LogP contribution < -0.4 is 0 Å². The summed E-state index contributed by atoms with van der Waals surface area (Å²) >= 11 is 0. The fraction of sp³-hybridized carbons (Fsp3) is 0.750. The zero-order valence-corrected chi connectivity index (χ0v) is 7.88. The van der Waals surface area contributed by atoms with Crippen LogP contribution in [0.1, 0.15) is 25.6 Å². The van der Waals surface area contributed by atoms with Gasteiger partial charge in [0.25, 0.3) is 0 Å². The topological polar surface area (TPSA) is 71.2 Å². The smallest absolute Gasteiger partial charge is 0.111 e. The van der Waals surface area contributed by atoms with E-state index >= 15 is 0 Å². The number of rotatable bonds is 4. The minimum absolute atomic E-state index is 0.129. The zero-order valence-electron chi connectivity index (χ0n) is 7.88. The summed E-state index contributed by atoms with van der Waals surface area (Å²) in [7, 11) is 0. The average Bonchev–Trinajstić information content (AvgIpc) is 2.52. The Hall–Kier alpha value is -0.940. The first-order valence-corrected chi connectivity index (χ1v) is 4.32. The maximum absolute atomic E-state index is 9.16. The van der Waals surface area contributed by atoms with Crippen LogP contribution in [-0.2, 0) is 6.54 Å². The number of aliphatic hydroxyl groups excluding tert-OH is 2. The molecule has 0 bridgehead atoms. The van der Waals surface area contributed by atoms with Crippen molar-refractivity contribution in [2.75, 3.05) is 6.61 Å². The van der Waals surface area contributed by atoms with Gasteiger partial charge in [-0.1, -0.05) is 12.1 Å². The molecule has 1 aromatic rings. The molecular formula is C8H15N3O2. The summed E-state index contributed by atoms with van der Waals surface area (Å²) in [4.78, 5) is 0. The predicted octanol–water partition coefficient (Wildman–Crippen LogP) is -0.0402. The Kier molecular flexibility index (Phi) is 3.39. The van der Waals surface area contributed by atoms with Crippen molar-refractivity contribution in [3.63, 3.8) is 0 Å². The molecule has 2 unspecified atom stereocenters. The third-order valence-corrected chi connectivity index (χ3v) is 1.79. The molecule has 0 spiro atoms. The van der Waals surface area contributed by atoms with Crippen LogP contribution >= 0.6 is 0 Å². The minimum atomic E-state index is -0.585. The van der Waals surface area contributed by atoms with Gasteiger partial charge in [-0.3, -0.25) is 4.68 Å². The van der Waals surface area contributed by atoms with Crippen molar-refractivity contribution in [2.45, 2.75) is 26.5 Å². The Morgan fingerprint density at radius 3 is 2.69 bits per heavy atom. The number of aromatic nitrogens is 3. The van der Waals surface area contributed by atoms with E-state index in [4.69, 9.17) is 10.2 Å². The quantitative estimate of drug-likeness (QED) is 0.690. The highest BCUT2D eigenvalue weighted by atomic mass is 16.3. The molecule has 0 aromatic carbocycles. The van der Waals surface area contributed by atoms with E-state index in [1.807, 2.05) is 6.92 Å². The molecule has 1 aromatic heterocycles. The van der Waals surface area contributed by atoms with Crippen molar-refractivity contribution in [1.82, 2.24) is 15.0 Å². The predicted molar refractivity (Wildman–Crippen MR) is 46.9 cm³/mol. The van der Waals surface area contributed by atoms with E-state index in [2.05, 4.69) is 10.3 Å². The lowest BCUT2D eigenvalue weighted by atomic mass is 10.2. The molecule has 0 aliphatic heterocycles. The molecule has 0 fully saturated rings. The van der Waals surface area contributed by atoms with Crippen LogP contribution in [0.25, 0.3) is 0 Å². The summed E-state index contributed by atoms with van der Waals surface area (Å²) in [5, 5.41) is 25.6. The molecule has 1 heterocycles. The van der Waals surface area contributed by atoms with Crippen LogP contribution in [0.4, 0.5) is 0 Å². The first-order chi connectivity index (χ1) is 6.13. The molecule has 0 aliphatic carbocycles. The fourth-order valence-electron chi connectivity index (χ4n) is 0.971. The molecule has 1 rings (SSSR count). The van der Waals surface area contributed by atoms with Gasteiger partial charge in [0.1, 0.15) is 5.69 Å². The van der Waals surface area contributed by atoms with Crippen molar-refractivity contribution in [3.05, 3.63) is 11.9 Å². The van der Waals surface area contributed by atoms with E-state index in [0.717, 1.165) is 0 Å². The van der Waals surface area contributed by atoms with E-state index in [1.54, 1.807) is 17.8 Å². The van der Waals surface area contributed by atoms with E-state index in [0.29, 0.717) is 12.2 Å². The zero-order chi connectivity index (χ0) is 9.84. The summed E-state index contributed by atoms with van der Waals surface area (Å²) in [6.45, 7) is 4.31. The number of hydrogen-bond acceptors (Lipinski definition) is 4. The summed E-state index contributed by atoms with van der Waals surface area (Å²) in [6.07, 6.45) is 1.11. The molecule has 0 radical (unpaired) electrons. The summed E-state index contributed by atoms with van der Waals surface area (Å²) < 4.78 is 1.63. The molecule has 2 N–H and O–H groups in total. The van der Waals surface area contributed by atoms with Gasteiger partial charge in [-0.25, -0.2) is 0 Å². The second kappa shape index (κ2) is 4.34. The Labute approximate surface area is 77.0 Å². The average molecular weight is 185 g/mol. The van der Waals surface area contributed by atoms with Crippen molar-refractivity contribution in [1.29, 1.82) is 0 Å². The van der Waals surface area contributed by atoms with E-state index in [-0.39, 0.29) is 12.5 Å². The number of hydrogen-bond donors (Lipinski definition) is 2. The van der Waals surface area contributed by atoms with Crippen molar-refractivity contribution < 1.29 is 10.2 Å². The second-order valence-electron chi connectivity index (χ2n) is 3.33. The maximum atomic E-state index is 9.16. The van der Waals surface area contributed by atoms with Gasteiger partial charge in [0, 0.05) is 13.2 Å². The monoisotopic (exact) mass is 185 g/mol. The summed E-state index contributed by atoms with van der Waals surface area (Å²) in [5.74, 6) is 0.156. The first kappa shape index (κ1) is 10.1. The highest BCUT2D eigenvalue weighted by Gasteiger charge is 2.07. The summed E-state index contributed by atoms with van der Waals surface area (Å²) in [5.41, 5.74) is 0.560. The Morgan fingerprint density at radius 2 is 2.23 bits per heavy atom. The number of aliphatic hydroxyl groups is 2. The first-order valence-electron chi connectivity index (χ1n) is 4.32. The number of nitrogens with zero attached hydrogens (tertiary/aromatic N) is 3. The standard InChI is InChI=1S/C8H15N3O2/c1-6(5-12)3-11-4-8(7(2)13)9-10-11/h4,6-7,12-13H,3,5H2,1-2H3. The minimum Gasteiger partial charge on any atom is -0.396 e. The third kappa shape index (κ3) is 2.78. The van der Waals surface area contributed by atoms with Gasteiger partial charge in [-0.05, 0) is 12.8 Å². The molecule has 2 atom stereocenters. The van der Waals surface area contributed by atoms with Crippen molar-refractivity contribution >= 4 is 0 Å². The summed E-state index contributed by atoms with van der Waals surface area (Å²) in [6, 6.07) is 0. The largest absolute Gasteiger partial charge is 0.396 e. The molecule has 5 heteroatoms. The van der Waals surface area contributed by atoms with Crippen LogP contribution in [0.5, 0.6) is 0 Å². The molecule has 0 saturated carbocycles. The highest BCUT2D eigenvalue weighted by Crippen LogP contribution is 2.07.